The topological polar surface area (TPSA) is 70.2 Å². The number of likely N-dealkylation sites (N-methyl/N-ethyl adjacent to an activating group) is 1. The van der Waals surface area contributed by atoms with Gasteiger partial charge in [-0.3, -0.25) is 10.1 Å². The van der Waals surface area contributed by atoms with Crippen LogP contribution < -0.4 is 16.0 Å². The summed E-state index contributed by atoms with van der Waals surface area (Å²) < 4.78 is 0. The van der Waals surface area contributed by atoms with Gasteiger partial charge in [-0.05, 0) is 12.6 Å². The third-order valence-electron chi connectivity index (χ3n) is 2.15. The van der Waals surface area contributed by atoms with Crippen molar-refractivity contribution in [3.8, 4) is 0 Å². The number of rotatable bonds is 3. The fourth-order valence-electron chi connectivity index (χ4n) is 1.34. The molecule has 0 saturated heterocycles. The maximum atomic E-state index is 11.7. The number of nitrogens with one attached hydrogen (secondary N) is 3. The minimum Gasteiger partial charge on any atom is -0.341 e. The molecule has 5 nitrogen and oxygen atoms in total. The summed E-state index contributed by atoms with van der Waals surface area (Å²) in [7, 11) is 3.13. The van der Waals surface area contributed by atoms with Crippen molar-refractivity contribution >= 4 is 11.9 Å². The quantitative estimate of drug-likeness (QED) is 0.692. The molecule has 1 aromatic rings. The van der Waals surface area contributed by atoms with E-state index < -0.39 is 12.1 Å². The highest BCUT2D eigenvalue weighted by atomic mass is 16.2. The Labute approximate surface area is 94.2 Å². The highest BCUT2D eigenvalue weighted by Gasteiger charge is 2.19. The van der Waals surface area contributed by atoms with Gasteiger partial charge < -0.3 is 10.6 Å². The molecule has 0 aliphatic heterocycles. The summed E-state index contributed by atoms with van der Waals surface area (Å²) in [5.41, 5.74) is 0.811. The average molecular weight is 221 g/mol. The molecular formula is C11H15N3O2. The monoisotopic (exact) mass is 221 g/mol. The van der Waals surface area contributed by atoms with E-state index >= 15 is 0 Å². The van der Waals surface area contributed by atoms with Crippen LogP contribution in [-0.2, 0) is 4.79 Å². The summed E-state index contributed by atoms with van der Waals surface area (Å²) in [6.07, 6.45) is 0. The van der Waals surface area contributed by atoms with Crippen molar-refractivity contribution in [2.45, 2.75) is 6.04 Å². The van der Waals surface area contributed by atoms with E-state index in [0.717, 1.165) is 5.56 Å². The lowest BCUT2D eigenvalue weighted by molar-refractivity contribution is -0.122. The Morgan fingerprint density at radius 3 is 2.25 bits per heavy atom. The van der Waals surface area contributed by atoms with Crippen molar-refractivity contribution in [1.29, 1.82) is 0 Å². The summed E-state index contributed by atoms with van der Waals surface area (Å²) in [6, 6.07) is 8.15. The van der Waals surface area contributed by atoms with Crippen LogP contribution in [0.25, 0.3) is 0 Å². The number of amides is 3. The minimum atomic E-state index is -0.529. The molecule has 5 heteroatoms. The van der Waals surface area contributed by atoms with Gasteiger partial charge in [0.1, 0.15) is 6.04 Å². The second-order valence-corrected chi connectivity index (χ2v) is 3.20. The Morgan fingerprint density at radius 1 is 1.12 bits per heavy atom. The van der Waals surface area contributed by atoms with Crippen LogP contribution in [0.15, 0.2) is 30.3 Å². The van der Waals surface area contributed by atoms with Crippen LogP contribution in [0.3, 0.4) is 0 Å². The van der Waals surface area contributed by atoms with Gasteiger partial charge in [-0.15, -0.1) is 0 Å². The smallest absolute Gasteiger partial charge is 0.321 e. The number of urea groups is 1. The minimum absolute atomic E-state index is 0.381. The molecule has 0 spiro atoms. The molecule has 1 rings (SSSR count). The largest absolute Gasteiger partial charge is 0.341 e. The van der Waals surface area contributed by atoms with Crippen molar-refractivity contribution in [3.05, 3.63) is 35.9 Å². The van der Waals surface area contributed by atoms with Gasteiger partial charge in [-0.25, -0.2) is 4.79 Å². The fourth-order valence-corrected chi connectivity index (χ4v) is 1.34. The highest BCUT2D eigenvalue weighted by Crippen LogP contribution is 2.11. The molecular weight excluding hydrogens is 206 g/mol. The molecule has 16 heavy (non-hydrogen) atoms. The first-order chi connectivity index (χ1) is 7.69. The first-order valence-corrected chi connectivity index (χ1v) is 4.93. The maximum absolute atomic E-state index is 11.7. The van der Waals surface area contributed by atoms with E-state index in [1.165, 1.54) is 7.05 Å². The predicted molar refractivity (Wildman–Crippen MR) is 60.8 cm³/mol. The van der Waals surface area contributed by atoms with Gasteiger partial charge in [0.25, 0.3) is 0 Å². The molecule has 3 N–H and O–H groups in total. The number of benzene rings is 1. The Kier molecular flexibility index (Phi) is 4.47. The standard InChI is InChI=1S/C11H15N3O2/c1-12-9(8-6-4-3-5-7-8)10(15)14-11(16)13-2/h3-7,9,12H,1-2H3,(H2,13,14,15,16)/t9-/m1/s1. The molecule has 0 heterocycles. The molecule has 0 radical (unpaired) electrons. The molecule has 0 aliphatic carbocycles. The van der Waals surface area contributed by atoms with E-state index in [1.54, 1.807) is 7.05 Å². The van der Waals surface area contributed by atoms with E-state index in [-0.39, 0.29) is 5.91 Å². The van der Waals surface area contributed by atoms with Crippen molar-refractivity contribution < 1.29 is 9.59 Å². The predicted octanol–water partition coefficient (Wildman–Crippen LogP) is 0.403. The van der Waals surface area contributed by atoms with Crippen LogP contribution in [0.1, 0.15) is 11.6 Å². The van der Waals surface area contributed by atoms with Crippen LogP contribution in [-0.4, -0.2) is 26.0 Å². The lowest BCUT2D eigenvalue weighted by Gasteiger charge is -2.15. The summed E-state index contributed by atoms with van der Waals surface area (Å²) in [5.74, 6) is -0.381. The van der Waals surface area contributed by atoms with E-state index in [1.807, 2.05) is 30.3 Å². The van der Waals surface area contributed by atoms with Gasteiger partial charge in [0, 0.05) is 7.05 Å². The summed E-state index contributed by atoms with van der Waals surface area (Å²) in [4.78, 5) is 22.7. The lowest BCUT2D eigenvalue weighted by atomic mass is 10.1. The summed E-state index contributed by atoms with van der Waals surface area (Å²) in [6.45, 7) is 0. The maximum Gasteiger partial charge on any atom is 0.321 e. The lowest BCUT2D eigenvalue weighted by Crippen LogP contribution is -2.43. The third kappa shape index (κ3) is 3.06. The van der Waals surface area contributed by atoms with Gasteiger partial charge in [0.05, 0.1) is 0 Å². The van der Waals surface area contributed by atoms with E-state index in [0.29, 0.717) is 0 Å². The number of carbonyl (C=O) groups is 2. The Bertz CT molecular complexity index is 365. The van der Waals surface area contributed by atoms with Crippen molar-refractivity contribution in [3.63, 3.8) is 0 Å². The number of imide groups is 1. The molecule has 1 aromatic carbocycles. The molecule has 1 atom stereocenters. The SMILES string of the molecule is CNC(=O)NC(=O)[C@H](NC)c1ccccc1. The first kappa shape index (κ1) is 12.2. The molecule has 0 aliphatic rings. The van der Waals surface area contributed by atoms with Crippen LogP contribution in [0, 0.1) is 0 Å². The van der Waals surface area contributed by atoms with Gasteiger partial charge >= 0.3 is 6.03 Å². The molecule has 0 saturated carbocycles. The Balaban J connectivity index is 2.75. The van der Waals surface area contributed by atoms with Crippen LogP contribution in [0.5, 0.6) is 0 Å². The van der Waals surface area contributed by atoms with E-state index in [4.69, 9.17) is 0 Å². The third-order valence-corrected chi connectivity index (χ3v) is 2.15. The van der Waals surface area contributed by atoms with Gasteiger partial charge in [-0.2, -0.15) is 0 Å². The number of hydrogen-bond donors (Lipinski definition) is 3. The van der Waals surface area contributed by atoms with E-state index in [9.17, 15) is 9.59 Å². The van der Waals surface area contributed by atoms with Crippen LogP contribution in [0.2, 0.25) is 0 Å². The second kappa shape index (κ2) is 5.87. The van der Waals surface area contributed by atoms with Gasteiger partial charge in [0.2, 0.25) is 5.91 Å². The number of carbonyl (C=O) groups excluding carboxylic acids is 2. The zero-order valence-electron chi connectivity index (χ0n) is 9.28. The van der Waals surface area contributed by atoms with Crippen LogP contribution in [0.4, 0.5) is 4.79 Å². The van der Waals surface area contributed by atoms with Crippen molar-refractivity contribution in [2.75, 3.05) is 14.1 Å². The Hall–Kier alpha value is -1.88. The molecule has 0 bridgehead atoms. The molecule has 0 aromatic heterocycles. The van der Waals surface area contributed by atoms with E-state index in [2.05, 4.69) is 16.0 Å². The van der Waals surface area contributed by atoms with Gasteiger partial charge in [0.15, 0.2) is 0 Å². The molecule has 0 unspecified atom stereocenters. The molecule has 0 fully saturated rings. The molecule has 86 valence electrons. The fraction of sp³-hybridized carbons (Fsp3) is 0.273. The average Bonchev–Trinajstić information content (AvgIpc) is 2.31. The van der Waals surface area contributed by atoms with Crippen molar-refractivity contribution in [2.24, 2.45) is 0 Å². The van der Waals surface area contributed by atoms with Crippen LogP contribution >= 0.6 is 0 Å². The first-order valence-electron chi connectivity index (χ1n) is 4.93. The summed E-state index contributed by atoms with van der Waals surface area (Å²) in [5, 5.41) is 7.41. The zero-order valence-corrected chi connectivity index (χ0v) is 9.28. The Morgan fingerprint density at radius 2 is 1.75 bits per heavy atom. The summed E-state index contributed by atoms with van der Waals surface area (Å²) >= 11 is 0. The molecule has 3 amide bonds. The number of hydrogen-bond acceptors (Lipinski definition) is 3. The normalized spacial score (nSPS) is 11.6. The van der Waals surface area contributed by atoms with Crippen molar-refractivity contribution in [1.82, 2.24) is 16.0 Å². The highest BCUT2D eigenvalue weighted by molar-refractivity contribution is 5.97. The van der Waals surface area contributed by atoms with Gasteiger partial charge in [-0.1, -0.05) is 30.3 Å². The zero-order chi connectivity index (χ0) is 12.0. The second-order valence-electron chi connectivity index (χ2n) is 3.20.